The Labute approximate surface area is 158 Å². The molecule has 0 spiro atoms. The molecule has 2 heterocycles. The van der Waals surface area contributed by atoms with Gasteiger partial charge in [0.1, 0.15) is 23.1 Å². The summed E-state index contributed by atoms with van der Waals surface area (Å²) in [5, 5.41) is 0.996. The number of nitrogens with zero attached hydrogens (tertiary/aromatic N) is 2. The Bertz CT molecular complexity index is 1050. The van der Waals surface area contributed by atoms with E-state index in [0.717, 1.165) is 10.9 Å². The van der Waals surface area contributed by atoms with E-state index in [0.29, 0.717) is 31.0 Å². The maximum absolute atomic E-state index is 12.9. The van der Waals surface area contributed by atoms with Crippen molar-refractivity contribution in [3.63, 3.8) is 0 Å². The van der Waals surface area contributed by atoms with Crippen molar-refractivity contribution in [3.8, 4) is 11.5 Å². The fourth-order valence-corrected chi connectivity index (χ4v) is 4.75. The van der Waals surface area contributed by atoms with Gasteiger partial charge in [-0.1, -0.05) is 18.2 Å². The van der Waals surface area contributed by atoms with Crippen LogP contribution in [0.2, 0.25) is 0 Å². The van der Waals surface area contributed by atoms with Crippen molar-refractivity contribution in [3.05, 3.63) is 60.8 Å². The third-order valence-electron chi connectivity index (χ3n) is 4.69. The van der Waals surface area contributed by atoms with Crippen molar-refractivity contribution in [1.29, 1.82) is 0 Å². The van der Waals surface area contributed by atoms with Gasteiger partial charge in [-0.2, -0.15) is 4.31 Å². The Kier molecular flexibility index (Phi) is 4.72. The molecule has 2 aromatic carbocycles. The van der Waals surface area contributed by atoms with Crippen LogP contribution in [0.3, 0.4) is 0 Å². The zero-order valence-electron chi connectivity index (χ0n) is 14.9. The summed E-state index contributed by atoms with van der Waals surface area (Å²) in [4.78, 5) is 4.65. The molecular formula is C20H20N2O4S. The zero-order valence-corrected chi connectivity index (χ0v) is 15.7. The first-order valence-electron chi connectivity index (χ1n) is 8.72. The highest BCUT2D eigenvalue weighted by molar-refractivity contribution is 7.89. The number of pyridine rings is 1. The van der Waals surface area contributed by atoms with Gasteiger partial charge in [0.25, 0.3) is 0 Å². The number of sulfonamides is 1. The highest BCUT2D eigenvalue weighted by Gasteiger charge is 2.33. The number of hydrogen-bond donors (Lipinski definition) is 0. The maximum atomic E-state index is 12.9. The van der Waals surface area contributed by atoms with Crippen molar-refractivity contribution >= 4 is 20.9 Å². The molecule has 0 saturated carbocycles. The summed E-state index contributed by atoms with van der Waals surface area (Å²) in [6.07, 6.45) is 2.16. The number of rotatable bonds is 5. The second kappa shape index (κ2) is 7.17. The average molecular weight is 384 g/mol. The van der Waals surface area contributed by atoms with Crippen LogP contribution < -0.4 is 9.47 Å². The lowest BCUT2D eigenvalue weighted by Crippen LogP contribution is -2.31. The van der Waals surface area contributed by atoms with Gasteiger partial charge in [-0.25, -0.2) is 8.42 Å². The predicted octanol–water partition coefficient (Wildman–Crippen LogP) is 3.09. The molecule has 0 N–H and O–H groups in total. The minimum Gasteiger partial charge on any atom is -0.497 e. The maximum Gasteiger partial charge on any atom is 0.243 e. The summed E-state index contributed by atoms with van der Waals surface area (Å²) in [6, 6.07) is 16.1. The molecule has 0 amide bonds. The van der Waals surface area contributed by atoms with Gasteiger partial charge in [-0.3, -0.25) is 4.98 Å². The smallest absolute Gasteiger partial charge is 0.243 e. The number of fused-ring (bicyclic) bond motifs is 1. The third kappa shape index (κ3) is 3.48. The molecule has 27 heavy (non-hydrogen) atoms. The highest BCUT2D eigenvalue weighted by atomic mass is 32.2. The third-order valence-corrected chi connectivity index (χ3v) is 6.57. The lowest BCUT2D eigenvalue weighted by molar-refractivity contribution is 0.218. The fraction of sp³-hybridized carbons (Fsp3) is 0.250. The Balaban J connectivity index is 1.51. The second-order valence-electron chi connectivity index (χ2n) is 6.40. The molecule has 1 saturated heterocycles. The summed E-state index contributed by atoms with van der Waals surface area (Å²) in [7, 11) is -2.00. The van der Waals surface area contributed by atoms with Gasteiger partial charge in [0.05, 0.1) is 18.6 Å². The highest BCUT2D eigenvalue weighted by Crippen LogP contribution is 2.28. The van der Waals surface area contributed by atoms with E-state index in [-0.39, 0.29) is 11.0 Å². The van der Waals surface area contributed by atoms with E-state index in [1.807, 2.05) is 30.3 Å². The molecular weight excluding hydrogens is 364 g/mol. The Morgan fingerprint density at radius 1 is 1.07 bits per heavy atom. The van der Waals surface area contributed by atoms with Gasteiger partial charge in [0, 0.05) is 18.1 Å². The summed E-state index contributed by atoms with van der Waals surface area (Å²) in [5.41, 5.74) is 0.788. The first-order chi connectivity index (χ1) is 13.1. The van der Waals surface area contributed by atoms with Crippen LogP contribution in [-0.4, -0.2) is 44.0 Å². The molecule has 140 valence electrons. The van der Waals surface area contributed by atoms with Crippen molar-refractivity contribution < 1.29 is 17.9 Å². The molecule has 4 rings (SSSR count). The van der Waals surface area contributed by atoms with E-state index in [4.69, 9.17) is 9.47 Å². The first kappa shape index (κ1) is 17.8. The number of aromatic nitrogens is 1. The molecule has 1 aliphatic rings. The SMILES string of the molecule is COc1ccc(S(=O)(=O)N2CCC(Oc3cccc4cccnc34)C2)cc1. The number of methoxy groups -OCH3 is 1. The molecule has 0 bridgehead atoms. The number of ether oxygens (including phenoxy) is 2. The largest absolute Gasteiger partial charge is 0.497 e. The van der Waals surface area contributed by atoms with Crippen LogP contribution in [0.5, 0.6) is 11.5 Å². The minimum atomic E-state index is -3.55. The Hall–Kier alpha value is -2.64. The van der Waals surface area contributed by atoms with Gasteiger partial charge in [-0.05, 0) is 42.8 Å². The van der Waals surface area contributed by atoms with Crippen molar-refractivity contribution in [2.75, 3.05) is 20.2 Å². The summed E-state index contributed by atoms with van der Waals surface area (Å²) < 4.78 is 38.4. The van der Waals surface area contributed by atoms with E-state index in [1.54, 1.807) is 37.6 Å². The van der Waals surface area contributed by atoms with Crippen LogP contribution in [0, 0.1) is 0 Å². The molecule has 1 aromatic heterocycles. The van der Waals surface area contributed by atoms with Crippen molar-refractivity contribution in [2.24, 2.45) is 0 Å². The number of benzene rings is 2. The van der Waals surface area contributed by atoms with Gasteiger partial charge >= 0.3 is 0 Å². The number of hydrogen-bond acceptors (Lipinski definition) is 5. The number of para-hydroxylation sites is 1. The molecule has 1 fully saturated rings. The fourth-order valence-electron chi connectivity index (χ4n) is 3.26. The van der Waals surface area contributed by atoms with Gasteiger partial charge in [0.2, 0.25) is 10.0 Å². The van der Waals surface area contributed by atoms with Crippen LogP contribution in [0.1, 0.15) is 6.42 Å². The summed E-state index contributed by atoms with van der Waals surface area (Å²) >= 11 is 0. The lowest BCUT2D eigenvalue weighted by Gasteiger charge is -2.18. The molecule has 3 aromatic rings. The van der Waals surface area contributed by atoms with Crippen LogP contribution in [0.4, 0.5) is 0 Å². The molecule has 1 atom stereocenters. The topological polar surface area (TPSA) is 68.7 Å². The van der Waals surface area contributed by atoms with Gasteiger partial charge in [-0.15, -0.1) is 0 Å². The van der Waals surface area contributed by atoms with E-state index >= 15 is 0 Å². The van der Waals surface area contributed by atoms with Gasteiger partial charge in [0.15, 0.2) is 0 Å². The quantitative estimate of drug-likeness (QED) is 0.676. The van der Waals surface area contributed by atoms with E-state index in [9.17, 15) is 8.42 Å². The summed E-state index contributed by atoms with van der Waals surface area (Å²) in [6.45, 7) is 0.745. The molecule has 6 nitrogen and oxygen atoms in total. The zero-order chi connectivity index (χ0) is 18.9. The molecule has 7 heteroatoms. The van der Waals surface area contributed by atoms with Gasteiger partial charge < -0.3 is 9.47 Å². The second-order valence-corrected chi connectivity index (χ2v) is 8.34. The molecule has 0 aliphatic carbocycles. The van der Waals surface area contributed by atoms with Crippen LogP contribution in [0.25, 0.3) is 10.9 Å². The predicted molar refractivity (Wildman–Crippen MR) is 103 cm³/mol. The molecule has 0 radical (unpaired) electrons. The lowest BCUT2D eigenvalue weighted by atomic mass is 10.2. The van der Waals surface area contributed by atoms with Crippen LogP contribution in [-0.2, 0) is 10.0 Å². The Morgan fingerprint density at radius 2 is 1.85 bits per heavy atom. The minimum absolute atomic E-state index is 0.203. The van der Waals surface area contributed by atoms with Crippen molar-refractivity contribution in [1.82, 2.24) is 9.29 Å². The van der Waals surface area contributed by atoms with Crippen molar-refractivity contribution in [2.45, 2.75) is 17.4 Å². The monoisotopic (exact) mass is 384 g/mol. The average Bonchev–Trinajstić information content (AvgIpc) is 3.18. The standard InChI is InChI=1S/C20H20N2O4S/c1-25-16-7-9-18(10-8-16)27(23,24)22-13-11-17(14-22)26-19-6-2-4-15-5-3-12-21-20(15)19/h2-10,12,17H,11,13-14H2,1H3. The van der Waals surface area contributed by atoms with Crippen LogP contribution >= 0.6 is 0 Å². The summed E-state index contributed by atoms with van der Waals surface area (Å²) in [5.74, 6) is 1.31. The van der Waals surface area contributed by atoms with E-state index < -0.39 is 10.0 Å². The normalized spacial score (nSPS) is 17.9. The Morgan fingerprint density at radius 3 is 2.63 bits per heavy atom. The van der Waals surface area contributed by atoms with E-state index in [1.165, 1.54) is 4.31 Å². The molecule has 1 unspecified atom stereocenters. The van der Waals surface area contributed by atoms with E-state index in [2.05, 4.69) is 4.98 Å². The van der Waals surface area contributed by atoms with Crippen LogP contribution in [0.15, 0.2) is 65.7 Å². The first-order valence-corrected chi connectivity index (χ1v) is 10.2. The molecule has 1 aliphatic heterocycles.